The van der Waals surface area contributed by atoms with Crippen molar-refractivity contribution in [1.29, 1.82) is 0 Å². The van der Waals surface area contributed by atoms with Crippen LogP contribution in [-0.2, 0) is 25.8 Å². The maximum Gasteiger partial charge on any atom is 0.223 e. The van der Waals surface area contributed by atoms with Crippen LogP contribution in [0.25, 0.3) is 0 Å². The maximum absolute atomic E-state index is 13.0. The Kier molecular flexibility index (Phi) is 6.61. The van der Waals surface area contributed by atoms with E-state index in [4.69, 9.17) is 0 Å². The van der Waals surface area contributed by atoms with Gasteiger partial charge in [0.15, 0.2) is 9.84 Å². The standard InChI is InChI=1S/C23H28N2O4S/c1-16(19-7-5-4-6-8-19)15-24-23(27)13-17(2)30(28,29)21-9-10-22-20(14-21)11-12-25(22)18(3)26/h4-10,14,16-17H,11-13,15H2,1-3H3,(H,24,27)/t16-,17-/m0/s1. The second-order valence-corrected chi connectivity index (χ2v) is 10.3. The molecule has 1 N–H and O–H groups in total. The third-order valence-corrected chi connectivity index (χ3v) is 7.77. The average molecular weight is 429 g/mol. The number of rotatable bonds is 7. The van der Waals surface area contributed by atoms with Gasteiger partial charge in [0.05, 0.1) is 10.1 Å². The molecule has 160 valence electrons. The highest BCUT2D eigenvalue weighted by Crippen LogP contribution is 2.31. The summed E-state index contributed by atoms with van der Waals surface area (Å²) in [5.41, 5.74) is 2.73. The fraction of sp³-hybridized carbons (Fsp3) is 0.391. The first-order valence-electron chi connectivity index (χ1n) is 10.2. The quantitative estimate of drug-likeness (QED) is 0.735. The maximum atomic E-state index is 13.0. The van der Waals surface area contributed by atoms with Crippen molar-refractivity contribution in [3.05, 3.63) is 59.7 Å². The smallest absolute Gasteiger partial charge is 0.223 e. The van der Waals surface area contributed by atoms with E-state index in [-0.39, 0.29) is 29.0 Å². The van der Waals surface area contributed by atoms with Crippen LogP contribution in [0.15, 0.2) is 53.4 Å². The van der Waals surface area contributed by atoms with Crippen molar-refractivity contribution in [2.45, 2.75) is 49.7 Å². The lowest BCUT2D eigenvalue weighted by Gasteiger charge is -2.17. The zero-order valence-electron chi connectivity index (χ0n) is 17.6. The Morgan fingerprint density at radius 3 is 2.47 bits per heavy atom. The number of carbonyl (C=O) groups is 2. The van der Waals surface area contributed by atoms with Gasteiger partial charge in [-0.25, -0.2) is 8.42 Å². The molecule has 0 unspecified atom stereocenters. The van der Waals surface area contributed by atoms with Crippen molar-refractivity contribution in [1.82, 2.24) is 5.32 Å². The van der Waals surface area contributed by atoms with E-state index in [1.165, 1.54) is 13.0 Å². The van der Waals surface area contributed by atoms with Gasteiger partial charge in [-0.15, -0.1) is 0 Å². The summed E-state index contributed by atoms with van der Waals surface area (Å²) in [5, 5.41) is 2.01. The lowest BCUT2D eigenvalue weighted by atomic mass is 10.0. The fourth-order valence-electron chi connectivity index (χ4n) is 3.72. The molecule has 0 spiro atoms. The summed E-state index contributed by atoms with van der Waals surface area (Å²) in [5.74, 6) is -0.195. The molecule has 0 saturated carbocycles. The Hall–Kier alpha value is -2.67. The van der Waals surface area contributed by atoms with Crippen LogP contribution in [0.2, 0.25) is 0 Å². The SMILES string of the molecule is CC(=O)N1CCc2cc(S(=O)(=O)[C@@H](C)CC(=O)NC[C@H](C)c3ccccc3)ccc21. The molecular weight excluding hydrogens is 400 g/mol. The number of nitrogens with one attached hydrogen (secondary N) is 1. The van der Waals surface area contributed by atoms with Gasteiger partial charge in [-0.05, 0) is 48.6 Å². The summed E-state index contributed by atoms with van der Waals surface area (Å²) in [4.78, 5) is 25.9. The minimum atomic E-state index is -3.65. The van der Waals surface area contributed by atoms with Gasteiger partial charge in [-0.2, -0.15) is 0 Å². The van der Waals surface area contributed by atoms with Crippen molar-refractivity contribution >= 4 is 27.3 Å². The molecule has 2 atom stereocenters. The zero-order valence-corrected chi connectivity index (χ0v) is 18.4. The number of amides is 2. The third kappa shape index (κ3) is 4.73. The van der Waals surface area contributed by atoms with Crippen LogP contribution < -0.4 is 10.2 Å². The van der Waals surface area contributed by atoms with Crippen LogP contribution in [0.1, 0.15) is 44.2 Å². The van der Waals surface area contributed by atoms with Crippen molar-refractivity contribution < 1.29 is 18.0 Å². The lowest BCUT2D eigenvalue weighted by molar-refractivity contribution is -0.121. The normalized spacial score (nSPS) is 15.4. The molecular formula is C23H28N2O4S. The molecule has 30 heavy (non-hydrogen) atoms. The van der Waals surface area contributed by atoms with Crippen molar-refractivity contribution in [3.63, 3.8) is 0 Å². The van der Waals surface area contributed by atoms with Crippen molar-refractivity contribution in [2.24, 2.45) is 0 Å². The van der Waals surface area contributed by atoms with Crippen LogP contribution in [-0.4, -0.2) is 38.6 Å². The van der Waals surface area contributed by atoms with E-state index in [9.17, 15) is 18.0 Å². The number of hydrogen-bond acceptors (Lipinski definition) is 4. The Balaban J connectivity index is 1.62. The van der Waals surface area contributed by atoms with E-state index in [0.29, 0.717) is 19.5 Å². The number of carbonyl (C=O) groups excluding carboxylic acids is 2. The average Bonchev–Trinajstić information content (AvgIpc) is 3.16. The van der Waals surface area contributed by atoms with E-state index in [0.717, 1.165) is 16.8 Å². The summed E-state index contributed by atoms with van der Waals surface area (Å²) in [6, 6.07) is 14.7. The Bertz CT molecular complexity index is 1030. The molecule has 0 radical (unpaired) electrons. The molecule has 2 aromatic rings. The molecule has 0 fully saturated rings. The minimum absolute atomic E-state index is 0.0564. The van der Waals surface area contributed by atoms with Crippen LogP contribution >= 0.6 is 0 Å². The molecule has 0 aromatic heterocycles. The number of sulfone groups is 1. The van der Waals surface area contributed by atoms with Gasteiger partial charge in [-0.1, -0.05) is 37.3 Å². The monoisotopic (exact) mass is 428 g/mol. The third-order valence-electron chi connectivity index (χ3n) is 5.63. The molecule has 1 heterocycles. The van der Waals surface area contributed by atoms with Crippen LogP contribution in [0.4, 0.5) is 5.69 Å². The number of benzene rings is 2. The first kappa shape index (κ1) is 22.0. The van der Waals surface area contributed by atoms with Gasteiger partial charge in [0, 0.05) is 32.1 Å². The first-order valence-corrected chi connectivity index (χ1v) is 11.7. The van der Waals surface area contributed by atoms with Crippen LogP contribution in [0.3, 0.4) is 0 Å². The number of nitrogens with zero attached hydrogens (tertiary/aromatic N) is 1. The molecule has 6 nitrogen and oxygen atoms in total. The van der Waals surface area contributed by atoms with Crippen LogP contribution in [0, 0.1) is 0 Å². The van der Waals surface area contributed by atoms with E-state index >= 15 is 0 Å². The topological polar surface area (TPSA) is 83.6 Å². The molecule has 3 rings (SSSR count). The predicted molar refractivity (Wildman–Crippen MR) is 117 cm³/mol. The van der Waals surface area contributed by atoms with Gasteiger partial charge in [0.25, 0.3) is 0 Å². The van der Waals surface area contributed by atoms with Crippen LogP contribution in [0.5, 0.6) is 0 Å². The van der Waals surface area contributed by atoms with Gasteiger partial charge in [0.1, 0.15) is 0 Å². The highest BCUT2D eigenvalue weighted by Gasteiger charge is 2.29. The minimum Gasteiger partial charge on any atom is -0.355 e. The first-order chi connectivity index (χ1) is 14.2. The molecule has 0 bridgehead atoms. The molecule has 1 aliphatic heterocycles. The Morgan fingerprint density at radius 2 is 1.80 bits per heavy atom. The van der Waals surface area contributed by atoms with Crippen molar-refractivity contribution in [2.75, 3.05) is 18.0 Å². The largest absolute Gasteiger partial charge is 0.355 e. The predicted octanol–water partition coefficient (Wildman–Crippen LogP) is 3.07. The number of fused-ring (bicyclic) bond motifs is 1. The Morgan fingerprint density at radius 1 is 1.10 bits per heavy atom. The van der Waals surface area contributed by atoms with Crippen molar-refractivity contribution in [3.8, 4) is 0 Å². The highest BCUT2D eigenvalue weighted by atomic mass is 32.2. The second-order valence-electron chi connectivity index (χ2n) is 7.89. The molecule has 0 saturated heterocycles. The molecule has 2 amide bonds. The molecule has 2 aromatic carbocycles. The van der Waals surface area contributed by atoms with E-state index in [1.54, 1.807) is 24.0 Å². The fourth-order valence-corrected chi connectivity index (χ4v) is 5.12. The summed E-state index contributed by atoms with van der Waals surface area (Å²) in [6.07, 6.45) is 0.533. The Labute approximate surface area is 178 Å². The molecule has 1 aliphatic rings. The number of anilines is 1. The van der Waals surface area contributed by atoms with Gasteiger partial charge < -0.3 is 10.2 Å². The van der Waals surface area contributed by atoms with Gasteiger partial charge >= 0.3 is 0 Å². The summed E-state index contributed by atoms with van der Waals surface area (Å²) in [6.45, 7) is 6.09. The molecule has 0 aliphatic carbocycles. The van der Waals surface area contributed by atoms with Gasteiger partial charge in [-0.3, -0.25) is 9.59 Å². The van der Waals surface area contributed by atoms with Gasteiger partial charge in [0.2, 0.25) is 11.8 Å². The summed E-state index contributed by atoms with van der Waals surface area (Å²) in [7, 11) is -3.65. The van der Waals surface area contributed by atoms with E-state index < -0.39 is 15.1 Å². The summed E-state index contributed by atoms with van der Waals surface area (Å²) >= 11 is 0. The zero-order chi connectivity index (χ0) is 21.9. The lowest BCUT2D eigenvalue weighted by Crippen LogP contribution is -2.32. The highest BCUT2D eigenvalue weighted by molar-refractivity contribution is 7.92. The second kappa shape index (κ2) is 9.00. The molecule has 7 heteroatoms. The van der Waals surface area contributed by atoms with E-state index in [2.05, 4.69) is 5.32 Å². The summed E-state index contributed by atoms with van der Waals surface area (Å²) < 4.78 is 26.0. The van der Waals surface area contributed by atoms with E-state index in [1.807, 2.05) is 37.3 Å². The number of hydrogen-bond donors (Lipinski definition) is 1.